The van der Waals surface area contributed by atoms with E-state index in [-0.39, 0.29) is 11.3 Å². The maximum Gasteiger partial charge on any atom is 0.254 e. The molecule has 1 aromatic rings. The van der Waals surface area contributed by atoms with Crippen LogP contribution in [0.1, 0.15) is 56.0 Å². The van der Waals surface area contributed by atoms with Gasteiger partial charge in [0.1, 0.15) is 0 Å². The molecule has 1 saturated heterocycles. The molecular formula is C18H26N2O. The van der Waals surface area contributed by atoms with Crippen molar-refractivity contribution in [1.82, 2.24) is 4.90 Å². The van der Waals surface area contributed by atoms with Crippen LogP contribution >= 0.6 is 0 Å². The van der Waals surface area contributed by atoms with E-state index in [0.717, 1.165) is 30.5 Å². The number of hydrogen-bond donors (Lipinski definition) is 1. The zero-order chi connectivity index (χ0) is 15.4. The third kappa shape index (κ3) is 2.66. The number of likely N-dealkylation sites (tertiary alicyclic amines) is 1. The fourth-order valence-corrected chi connectivity index (χ4v) is 4.80. The topological polar surface area (TPSA) is 46.3 Å². The SMILES string of the molecule is Cc1cc(N)cc(C(=O)N2CC3(C)CC2CC(C)(C)C3)c1. The van der Waals surface area contributed by atoms with Gasteiger partial charge in [0, 0.05) is 23.8 Å². The summed E-state index contributed by atoms with van der Waals surface area (Å²) < 4.78 is 0. The zero-order valence-electron chi connectivity index (χ0n) is 13.6. The summed E-state index contributed by atoms with van der Waals surface area (Å²) in [6.45, 7) is 9.86. The molecule has 1 amide bonds. The van der Waals surface area contributed by atoms with Crippen molar-refractivity contribution in [1.29, 1.82) is 0 Å². The lowest BCUT2D eigenvalue weighted by Gasteiger charge is -2.39. The summed E-state index contributed by atoms with van der Waals surface area (Å²) in [5.41, 5.74) is 8.97. The van der Waals surface area contributed by atoms with Gasteiger partial charge in [-0.1, -0.05) is 20.8 Å². The number of benzene rings is 1. The molecule has 2 N–H and O–H groups in total. The lowest BCUT2D eigenvalue weighted by atomic mass is 9.65. The predicted molar refractivity (Wildman–Crippen MR) is 86.2 cm³/mol. The molecule has 3 nitrogen and oxygen atoms in total. The van der Waals surface area contributed by atoms with Gasteiger partial charge in [-0.05, 0) is 60.8 Å². The van der Waals surface area contributed by atoms with Gasteiger partial charge in [0.15, 0.2) is 0 Å². The van der Waals surface area contributed by atoms with Gasteiger partial charge in [0.25, 0.3) is 5.91 Å². The molecule has 2 atom stereocenters. The Morgan fingerprint density at radius 2 is 1.95 bits per heavy atom. The number of amides is 1. The predicted octanol–water partition coefficient (Wildman–Crippen LogP) is 3.62. The van der Waals surface area contributed by atoms with Crippen LogP contribution in [0.2, 0.25) is 0 Å². The highest BCUT2D eigenvalue weighted by Gasteiger charge is 2.50. The number of nitrogens with zero attached hydrogens (tertiary/aromatic N) is 1. The molecule has 0 radical (unpaired) electrons. The van der Waals surface area contributed by atoms with Crippen LogP contribution in [-0.2, 0) is 0 Å². The molecule has 2 unspecified atom stereocenters. The van der Waals surface area contributed by atoms with Gasteiger partial charge in [0.05, 0.1) is 0 Å². The number of rotatable bonds is 1. The van der Waals surface area contributed by atoms with Crippen molar-refractivity contribution in [3.63, 3.8) is 0 Å². The fourth-order valence-electron chi connectivity index (χ4n) is 4.80. The van der Waals surface area contributed by atoms with Crippen molar-refractivity contribution in [3.05, 3.63) is 29.3 Å². The minimum absolute atomic E-state index is 0.150. The van der Waals surface area contributed by atoms with E-state index >= 15 is 0 Å². The average molecular weight is 286 g/mol. The largest absolute Gasteiger partial charge is 0.399 e. The van der Waals surface area contributed by atoms with Crippen molar-refractivity contribution >= 4 is 11.6 Å². The lowest BCUT2D eigenvalue weighted by molar-refractivity contribution is 0.0708. The molecule has 1 aromatic carbocycles. The van der Waals surface area contributed by atoms with Crippen LogP contribution in [0.25, 0.3) is 0 Å². The molecule has 1 saturated carbocycles. The van der Waals surface area contributed by atoms with Gasteiger partial charge in [-0.15, -0.1) is 0 Å². The average Bonchev–Trinajstić information content (AvgIpc) is 2.56. The maximum atomic E-state index is 12.9. The molecule has 1 heterocycles. The van der Waals surface area contributed by atoms with Crippen LogP contribution in [0, 0.1) is 17.8 Å². The first-order chi connectivity index (χ1) is 9.67. The van der Waals surface area contributed by atoms with Crippen molar-refractivity contribution in [2.45, 2.75) is 53.0 Å². The Morgan fingerprint density at radius 1 is 1.24 bits per heavy atom. The highest BCUT2D eigenvalue weighted by molar-refractivity contribution is 5.95. The van der Waals surface area contributed by atoms with Gasteiger partial charge in [-0.2, -0.15) is 0 Å². The van der Waals surface area contributed by atoms with Gasteiger partial charge in [-0.25, -0.2) is 0 Å². The second-order valence-electron chi connectivity index (χ2n) is 8.28. The molecule has 2 aliphatic rings. The van der Waals surface area contributed by atoms with E-state index in [1.807, 2.05) is 25.1 Å². The number of anilines is 1. The Labute approximate surface area is 127 Å². The van der Waals surface area contributed by atoms with Crippen molar-refractivity contribution in [2.24, 2.45) is 10.8 Å². The summed E-state index contributed by atoms with van der Waals surface area (Å²) in [7, 11) is 0. The molecule has 0 spiro atoms. The molecule has 3 heteroatoms. The Bertz CT molecular complexity index is 573. The molecule has 1 aliphatic carbocycles. The van der Waals surface area contributed by atoms with Crippen LogP contribution in [0.15, 0.2) is 18.2 Å². The van der Waals surface area contributed by atoms with E-state index < -0.39 is 0 Å². The monoisotopic (exact) mass is 286 g/mol. The van der Waals surface area contributed by atoms with Crippen LogP contribution in [0.3, 0.4) is 0 Å². The summed E-state index contributed by atoms with van der Waals surface area (Å²) in [4.78, 5) is 15.0. The standard InChI is InChI=1S/C18H26N2O/c1-12-5-13(7-14(19)6-12)16(21)20-11-18(4)9-15(20)8-17(2,3)10-18/h5-7,15H,8-11,19H2,1-4H3. The maximum absolute atomic E-state index is 12.9. The van der Waals surface area contributed by atoms with Crippen LogP contribution < -0.4 is 5.73 Å². The van der Waals surface area contributed by atoms with E-state index in [1.165, 1.54) is 6.42 Å². The molecule has 21 heavy (non-hydrogen) atoms. The number of carbonyl (C=O) groups is 1. The van der Waals surface area contributed by atoms with Gasteiger partial charge < -0.3 is 10.6 Å². The Balaban J connectivity index is 1.89. The Morgan fingerprint density at radius 3 is 2.62 bits per heavy atom. The van der Waals surface area contributed by atoms with Crippen LogP contribution in [-0.4, -0.2) is 23.4 Å². The number of nitrogen functional groups attached to an aromatic ring is 1. The van der Waals surface area contributed by atoms with Crippen LogP contribution in [0.4, 0.5) is 5.69 Å². The zero-order valence-corrected chi connectivity index (χ0v) is 13.6. The minimum atomic E-state index is 0.150. The minimum Gasteiger partial charge on any atom is -0.399 e. The van der Waals surface area contributed by atoms with Gasteiger partial charge in [-0.3, -0.25) is 4.79 Å². The first-order valence-corrected chi connectivity index (χ1v) is 7.86. The smallest absolute Gasteiger partial charge is 0.254 e. The number of aryl methyl sites for hydroxylation is 1. The van der Waals surface area contributed by atoms with Gasteiger partial charge >= 0.3 is 0 Å². The first kappa shape index (κ1) is 14.4. The van der Waals surface area contributed by atoms with E-state index in [0.29, 0.717) is 17.1 Å². The number of fused-ring (bicyclic) bond motifs is 2. The number of hydrogen-bond acceptors (Lipinski definition) is 2. The van der Waals surface area contributed by atoms with E-state index in [1.54, 1.807) is 0 Å². The molecule has 2 fully saturated rings. The van der Waals surface area contributed by atoms with Crippen molar-refractivity contribution in [2.75, 3.05) is 12.3 Å². The molecule has 2 bridgehead atoms. The number of carbonyl (C=O) groups excluding carboxylic acids is 1. The summed E-state index contributed by atoms with van der Waals surface area (Å²) in [6, 6.07) is 6.05. The third-order valence-electron chi connectivity index (χ3n) is 5.02. The number of nitrogens with two attached hydrogens (primary N) is 1. The van der Waals surface area contributed by atoms with Crippen molar-refractivity contribution in [3.8, 4) is 0 Å². The quantitative estimate of drug-likeness (QED) is 0.801. The second-order valence-corrected chi connectivity index (χ2v) is 8.28. The highest BCUT2D eigenvalue weighted by Crippen LogP contribution is 2.52. The normalized spacial score (nSPS) is 30.5. The summed E-state index contributed by atoms with van der Waals surface area (Å²) in [5.74, 6) is 0.150. The second kappa shape index (κ2) is 4.49. The third-order valence-corrected chi connectivity index (χ3v) is 5.02. The first-order valence-electron chi connectivity index (χ1n) is 7.86. The Hall–Kier alpha value is -1.51. The lowest BCUT2D eigenvalue weighted by Crippen LogP contribution is -2.37. The molecule has 114 valence electrons. The highest BCUT2D eigenvalue weighted by atomic mass is 16.2. The summed E-state index contributed by atoms with van der Waals surface area (Å²) in [6.07, 6.45) is 3.45. The van der Waals surface area contributed by atoms with E-state index in [9.17, 15) is 4.79 Å². The van der Waals surface area contributed by atoms with E-state index in [4.69, 9.17) is 5.73 Å². The molecule has 0 aromatic heterocycles. The Kier molecular flexibility index (Phi) is 3.09. The van der Waals surface area contributed by atoms with Crippen molar-refractivity contribution < 1.29 is 4.79 Å². The summed E-state index contributed by atoms with van der Waals surface area (Å²) >= 11 is 0. The van der Waals surface area contributed by atoms with E-state index in [2.05, 4.69) is 25.7 Å². The van der Waals surface area contributed by atoms with Gasteiger partial charge in [0.2, 0.25) is 0 Å². The fraction of sp³-hybridized carbons (Fsp3) is 0.611. The molecule has 1 aliphatic heterocycles. The summed E-state index contributed by atoms with van der Waals surface area (Å²) in [5, 5.41) is 0. The van der Waals surface area contributed by atoms with Crippen LogP contribution in [0.5, 0.6) is 0 Å². The molecule has 3 rings (SSSR count). The molecular weight excluding hydrogens is 260 g/mol.